The molecule has 3 rings (SSSR count). The number of hydrogen-bond donors (Lipinski definition) is 0. The minimum absolute atomic E-state index is 0.205. The number of para-hydroxylation sites is 1. The van der Waals surface area contributed by atoms with Crippen molar-refractivity contribution >= 4 is 21.8 Å². The number of nitrogens with zero attached hydrogens (tertiary/aromatic N) is 1. The molecule has 7 nitrogen and oxygen atoms in total. The second-order valence-electron chi connectivity index (χ2n) is 5.60. The highest BCUT2D eigenvalue weighted by atomic mass is 16.5. The second kappa shape index (κ2) is 6.67. The number of pyridine rings is 1. The van der Waals surface area contributed by atoms with Crippen molar-refractivity contribution in [1.82, 2.24) is 4.57 Å². The molecule has 0 saturated carbocycles. The van der Waals surface area contributed by atoms with Crippen molar-refractivity contribution in [2.45, 2.75) is 0 Å². The van der Waals surface area contributed by atoms with Crippen LogP contribution in [0.3, 0.4) is 0 Å². The van der Waals surface area contributed by atoms with Crippen molar-refractivity contribution in [3.63, 3.8) is 0 Å². The number of hydrogen-bond acceptors (Lipinski definition) is 6. The van der Waals surface area contributed by atoms with Crippen molar-refractivity contribution < 1.29 is 23.7 Å². The van der Waals surface area contributed by atoms with Gasteiger partial charge in [-0.05, 0) is 12.1 Å². The number of aryl methyl sites for hydroxylation is 1. The van der Waals surface area contributed by atoms with Gasteiger partial charge in [0.2, 0.25) is 16.9 Å². The molecule has 3 aromatic rings. The molecule has 0 radical (unpaired) electrons. The number of methoxy groups -OCH3 is 5. The van der Waals surface area contributed by atoms with E-state index in [1.807, 2.05) is 11.6 Å². The molecule has 0 spiro atoms. The molecule has 0 aliphatic carbocycles. The lowest BCUT2D eigenvalue weighted by Gasteiger charge is -2.21. The van der Waals surface area contributed by atoms with Gasteiger partial charge in [0.25, 0.3) is 0 Å². The average Bonchev–Trinajstić information content (AvgIpc) is 2.68. The van der Waals surface area contributed by atoms with Gasteiger partial charge in [0.1, 0.15) is 11.3 Å². The van der Waals surface area contributed by atoms with Crippen molar-refractivity contribution in [2.24, 2.45) is 7.05 Å². The van der Waals surface area contributed by atoms with Gasteiger partial charge in [-0.1, -0.05) is 6.07 Å². The highest BCUT2D eigenvalue weighted by Gasteiger charge is 2.28. The predicted octanol–water partition coefficient (Wildman–Crippen LogP) is 2.73. The molecule has 138 valence electrons. The summed E-state index contributed by atoms with van der Waals surface area (Å²) < 4.78 is 29.4. The largest absolute Gasteiger partial charge is 0.495 e. The molecular weight excluding hydrogens is 338 g/mol. The normalized spacial score (nSPS) is 10.8. The Balaban J connectivity index is 2.74. The summed E-state index contributed by atoms with van der Waals surface area (Å²) in [4.78, 5) is 13.3. The Morgan fingerprint density at radius 3 is 1.85 bits per heavy atom. The monoisotopic (exact) mass is 359 g/mol. The smallest absolute Gasteiger partial charge is 0.209 e. The van der Waals surface area contributed by atoms with Gasteiger partial charge in [-0.15, -0.1) is 0 Å². The van der Waals surface area contributed by atoms with E-state index in [1.165, 1.54) is 28.4 Å². The van der Waals surface area contributed by atoms with Crippen LogP contribution in [0.2, 0.25) is 0 Å². The fourth-order valence-corrected chi connectivity index (χ4v) is 3.40. The maximum Gasteiger partial charge on any atom is 0.209 e. The quantitative estimate of drug-likeness (QED) is 0.653. The van der Waals surface area contributed by atoms with Crippen LogP contribution < -0.4 is 29.1 Å². The first-order chi connectivity index (χ1) is 12.5. The van der Waals surface area contributed by atoms with E-state index < -0.39 is 0 Å². The van der Waals surface area contributed by atoms with Gasteiger partial charge in [-0.2, -0.15) is 0 Å². The zero-order chi connectivity index (χ0) is 19.0. The van der Waals surface area contributed by atoms with Crippen LogP contribution in [-0.4, -0.2) is 40.1 Å². The molecule has 0 aliphatic heterocycles. The molecule has 0 N–H and O–H groups in total. The zero-order valence-electron chi connectivity index (χ0n) is 15.6. The van der Waals surface area contributed by atoms with E-state index in [4.69, 9.17) is 23.7 Å². The highest BCUT2D eigenvalue weighted by Crippen LogP contribution is 2.50. The van der Waals surface area contributed by atoms with Crippen molar-refractivity contribution in [3.05, 3.63) is 28.4 Å². The van der Waals surface area contributed by atoms with E-state index in [2.05, 4.69) is 0 Å². The van der Waals surface area contributed by atoms with Crippen molar-refractivity contribution in [1.29, 1.82) is 0 Å². The summed E-state index contributed by atoms with van der Waals surface area (Å²) in [6.07, 6.45) is 0. The van der Waals surface area contributed by atoms with Gasteiger partial charge >= 0.3 is 0 Å². The molecule has 0 unspecified atom stereocenters. The lowest BCUT2D eigenvalue weighted by molar-refractivity contribution is 0.309. The number of aromatic nitrogens is 1. The number of ether oxygens (including phenoxy) is 5. The highest BCUT2D eigenvalue weighted by molar-refractivity contribution is 6.04. The predicted molar refractivity (Wildman–Crippen MR) is 99.5 cm³/mol. The van der Waals surface area contributed by atoms with E-state index in [1.54, 1.807) is 25.3 Å². The van der Waals surface area contributed by atoms with Crippen LogP contribution in [0.25, 0.3) is 21.8 Å². The van der Waals surface area contributed by atoms with Crippen LogP contribution in [0, 0.1) is 0 Å². The van der Waals surface area contributed by atoms with Crippen LogP contribution in [0.15, 0.2) is 23.0 Å². The zero-order valence-corrected chi connectivity index (χ0v) is 15.6. The standard InChI is InChI=1S/C19H21NO6/c1-20-13-10(8-7-9-11(13)22-2)15(21)12-14(20)17(24-4)19(26-6)18(25-5)16(12)23-3/h7-9H,1-6H3. The van der Waals surface area contributed by atoms with Crippen molar-refractivity contribution in [2.75, 3.05) is 35.5 Å². The van der Waals surface area contributed by atoms with Crippen molar-refractivity contribution in [3.8, 4) is 28.7 Å². The lowest BCUT2D eigenvalue weighted by atomic mass is 10.1. The fourth-order valence-electron chi connectivity index (χ4n) is 3.40. The molecule has 26 heavy (non-hydrogen) atoms. The first kappa shape index (κ1) is 17.7. The van der Waals surface area contributed by atoms with Gasteiger partial charge in [0.05, 0.1) is 51.8 Å². The number of rotatable bonds is 5. The minimum atomic E-state index is -0.205. The summed E-state index contributed by atoms with van der Waals surface area (Å²) in [6.45, 7) is 0. The van der Waals surface area contributed by atoms with E-state index in [0.29, 0.717) is 50.6 Å². The van der Waals surface area contributed by atoms with E-state index in [9.17, 15) is 4.79 Å². The van der Waals surface area contributed by atoms with Gasteiger partial charge in [0, 0.05) is 7.05 Å². The minimum Gasteiger partial charge on any atom is -0.495 e. The Morgan fingerprint density at radius 1 is 0.731 bits per heavy atom. The molecule has 0 saturated heterocycles. The summed E-state index contributed by atoms with van der Waals surface area (Å²) in [7, 11) is 9.39. The summed E-state index contributed by atoms with van der Waals surface area (Å²) in [5.41, 5.74) is 0.979. The van der Waals surface area contributed by atoms with Gasteiger partial charge in [-0.25, -0.2) is 0 Å². The Morgan fingerprint density at radius 2 is 1.31 bits per heavy atom. The Hall–Kier alpha value is -3.09. The summed E-state index contributed by atoms with van der Waals surface area (Å²) in [6, 6.07) is 5.33. The first-order valence-electron chi connectivity index (χ1n) is 7.90. The molecule has 1 aromatic heterocycles. The maximum atomic E-state index is 13.3. The van der Waals surface area contributed by atoms with Crippen LogP contribution in [0.1, 0.15) is 0 Å². The summed E-state index contributed by atoms with van der Waals surface area (Å²) in [5.74, 6) is 1.92. The topological polar surface area (TPSA) is 68.2 Å². The van der Waals surface area contributed by atoms with Crippen LogP contribution >= 0.6 is 0 Å². The van der Waals surface area contributed by atoms with Crippen LogP contribution in [0.5, 0.6) is 28.7 Å². The maximum absolute atomic E-state index is 13.3. The van der Waals surface area contributed by atoms with Gasteiger partial charge in [-0.3, -0.25) is 4.79 Å². The third kappa shape index (κ3) is 2.23. The number of fused-ring (bicyclic) bond motifs is 2. The third-order valence-corrected chi connectivity index (χ3v) is 4.48. The molecule has 0 fully saturated rings. The Bertz CT molecular complexity index is 1050. The van der Waals surface area contributed by atoms with E-state index in [0.717, 1.165) is 0 Å². The molecule has 1 heterocycles. The molecule has 0 aliphatic rings. The molecule has 0 amide bonds. The van der Waals surface area contributed by atoms with E-state index in [-0.39, 0.29) is 5.43 Å². The molecule has 0 atom stereocenters. The summed E-state index contributed by atoms with van der Waals surface area (Å²) >= 11 is 0. The average molecular weight is 359 g/mol. The SMILES string of the molecule is COc1c(OC)c(OC)c2c(c1OC)c(=O)c1cccc(OC)c1n2C. The summed E-state index contributed by atoms with van der Waals surface area (Å²) in [5, 5.41) is 0.858. The second-order valence-corrected chi connectivity index (χ2v) is 5.60. The third-order valence-electron chi connectivity index (χ3n) is 4.48. The Labute approximate surface area is 150 Å². The molecule has 0 bridgehead atoms. The van der Waals surface area contributed by atoms with Gasteiger partial charge in [0.15, 0.2) is 11.5 Å². The van der Waals surface area contributed by atoms with E-state index >= 15 is 0 Å². The van der Waals surface area contributed by atoms with Gasteiger partial charge < -0.3 is 28.3 Å². The fraction of sp³-hybridized carbons (Fsp3) is 0.316. The van der Waals surface area contributed by atoms with Crippen LogP contribution in [0.4, 0.5) is 0 Å². The number of benzene rings is 2. The molecular formula is C19H21NO6. The Kier molecular flexibility index (Phi) is 4.54. The first-order valence-corrected chi connectivity index (χ1v) is 7.90. The molecule has 7 heteroatoms. The lowest BCUT2D eigenvalue weighted by Crippen LogP contribution is -2.13. The molecule has 2 aromatic carbocycles. The van der Waals surface area contributed by atoms with Crippen LogP contribution in [-0.2, 0) is 7.05 Å².